The Labute approximate surface area is 131 Å². The van der Waals surface area contributed by atoms with Crippen LogP contribution in [0.4, 0.5) is 0 Å². The van der Waals surface area contributed by atoms with Crippen LogP contribution in [0, 0.1) is 12.3 Å². The second-order valence-electron chi connectivity index (χ2n) is 4.48. The quantitative estimate of drug-likeness (QED) is 0.524. The number of hydrogen-bond acceptors (Lipinski definition) is 3. The molecule has 0 heterocycles. The third kappa shape index (κ3) is 7.88. The summed E-state index contributed by atoms with van der Waals surface area (Å²) in [6.45, 7) is 0.447. The summed E-state index contributed by atoms with van der Waals surface area (Å²) in [5.74, 6) is 2.18. The minimum absolute atomic E-state index is 0.140. The molecule has 114 valence electrons. The highest BCUT2D eigenvalue weighted by Gasteiger charge is 2.02. The molecular formula is C19H20O3. The molecular weight excluding hydrogens is 276 g/mol. The van der Waals surface area contributed by atoms with Gasteiger partial charge in [0.2, 0.25) is 0 Å². The molecule has 0 radical (unpaired) electrons. The number of benzene rings is 2. The van der Waals surface area contributed by atoms with Gasteiger partial charge in [0.1, 0.15) is 6.61 Å². The first-order valence-corrected chi connectivity index (χ1v) is 7.04. The summed E-state index contributed by atoms with van der Waals surface area (Å²) in [6, 6.07) is 19.0. The average Bonchev–Trinajstić information content (AvgIpc) is 2.57. The van der Waals surface area contributed by atoms with E-state index in [4.69, 9.17) is 16.3 Å². The molecule has 0 unspecified atom stereocenters. The molecule has 2 rings (SSSR count). The molecule has 0 amide bonds. The number of carbonyl (C=O) groups excluding carboxylic acids is 1. The summed E-state index contributed by atoms with van der Waals surface area (Å²) < 4.78 is 4.90. The minimum Gasteiger partial charge on any atom is -0.464 e. The molecule has 0 saturated carbocycles. The molecule has 0 aliphatic carbocycles. The summed E-state index contributed by atoms with van der Waals surface area (Å²) >= 11 is 0. The van der Waals surface area contributed by atoms with Crippen LogP contribution in [-0.2, 0) is 22.6 Å². The molecule has 2 aromatic rings. The van der Waals surface area contributed by atoms with Gasteiger partial charge in [-0.1, -0.05) is 60.7 Å². The molecule has 3 heteroatoms. The van der Waals surface area contributed by atoms with Crippen LogP contribution in [0.3, 0.4) is 0 Å². The first-order chi connectivity index (χ1) is 10.8. The lowest BCUT2D eigenvalue weighted by Crippen LogP contribution is -2.08. The van der Waals surface area contributed by atoms with Crippen molar-refractivity contribution in [2.24, 2.45) is 0 Å². The summed E-state index contributed by atoms with van der Waals surface area (Å²) in [7, 11) is 0. The van der Waals surface area contributed by atoms with E-state index in [1.807, 2.05) is 60.7 Å². The Morgan fingerprint density at radius 2 is 1.55 bits per heavy atom. The average molecular weight is 296 g/mol. The van der Waals surface area contributed by atoms with Gasteiger partial charge in [-0.3, -0.25) is 4.79 Å². The number of carbonyl (C=O) groups is 1. The fourth-order valence-corrected chi connectivity index (χ4v) is 1.62. The SMILES string of the molecule is C#CCCOC(=O)Cc1ccccc1.OCc1ccccc1. The van der Waals surface area contributed by atoms with E-state index < -0.39 is 0 Å². The molecule has 2 aromatic carbocycles. The Morgan fingerprint density at radius 3 is 2.00 bits per heavy atom. The molecule has 0 aromatic heterocycles. The third-order valence-electron chi connectivity index (χ3n) is 2.73. The normalized spacial score (nSPS) is 9.09. The van der Waals surface area contributed by atoms with E-state index in [1.54, 1.807) is 0 Å². The van der Waals surface area contributed by atoms with Crippen molar-refractivity contribution in [3.63, 3.8) is 0 Å². The monoisotopic (exact) mass is 296 g/mol. The predicted octanol–water partition coefficient (Wildman–Crippen LogP) is 2.97. The maximum absolute atomic E-state index is 11.2. The van der Waals surface area contributed by atoms with Crippen molar-refractivity contribution >= 4 is 5.97 Å². The number of rotatable bonds is 5. The molecule has 1 N–H and O–H groups in total. The van der Waals surface area contributed by atoms with Crippen molar-refractivity contribution < 1.29 is 14.6 Å². The van der Waals surface area contributed by atoms with E-state index >= 15 is 0 Å². The van der Waals surface area contributed by atoms with Gasteiger partial charge in [-0.25, -0.2) is 0 Å². The van der Waals surface area contributed by atoms with Gasteiger partial charge >= 0.3 is 5.97 Å². The van der Waals surface area contributed by atoms with Crippen LogP contribution in [0.15, 0.2) is 60.7 Å². The number of aliphatic hydroxyl groups excluding tert-OH is 1. The van der Waals surface area contributed by atoms with Crippen molar-refractivity contribution in [2.45, 2.75) is 19.4 Å². The first kappa shape index (κ1) is 17.5. The standard InChI is InChI=1S/C12H12O2.C7H8O/c1-2-3-9-14-12(13)10-11-7-5-4-6-8-11;8-6-7-4-2-1-3-5-7/h1,4-8H,3,9-10H2;1-5,8H,6H2. The van der Waals surface area contributed by atoms with Crippen LogP contribution in [0.5, 0.6) is 0 Å². The maximum Gasteiger partial charge on any atom is 0.310 e. The number of esters is 1. The number of ether oxygens (including phenoxy) is 1. The van der Waals surface area contributed by atoms with Crippen LogP contribution in [0.25, 0.3) is 0 Å². The van der Waals surface area contributed by atoms with Crippen LogP contribution >= 0.6 is 0 Å². The van der Waals surface area contributed by atoms with Gasteiger partial charge in [0.25, 0.3) is 0 Å². The smallest absolute Gasteiger partial charge is 0.310 e. The van der Waals surface area contributed by atoms with Crippen molar-refractivity contribution in [1.82, 2.24) is 0 Å². The predicted molar refractivity (Wildman–Crippen MR) is 86.9 cm³/mol. The molecule has 0 saturated heterocycles. The van der Waals surface area contributed by atoms with E-state index in [-0.39, 0.29) is 12.6 Å². The van der Waals surface area contributed by atoms with E-state index in [1.165, 1.54) is 0 Å². The number of aliphatic hydroxyl groups is 1. The summed E-state index contributed by atoms with van der Waals surface area (Å²) in [5, 5.41) is 8.54. The second kappa shape index (κ2) is 11.1. The zero-order valence-corrected chi connectivity index (χ0v) is 12.4. The van der Waals surface area contributed by atoms with Crippen molar-refractivity contribution in [2.75, 3.05) is 6.61 Å². The molecule has 0 aliphatic heterocycles. The fourth-order valence-electron chi connectivity index (χ4n) is 1.62. The van der Waals surface area contributed by atoms with Gasteiger partial charge in [0, 0.05) is 6.42 Å². The lowest BCUT2D eigenvalue weighted by molar-refractivity contribution is -0.142. The highest BCUT2D eigenvalue weighted by Crippen LogP contribution is 2.00. The zero-order chi connectivity index (χ0) is 16.0. The van der Waals surface area contributed by atoms with E-state index in [0.717, 1.165) is 11.1 Å². The second-order valence-corrected chi connectivity index (χ2v) is 4.48. The Bertz CT molecular complexity index is 571. The first-order valence-electron chi connectivity index (χ1n) is 7.04. The summed E-state index contributed by atoms with van der Waals surface area (Å²) in [6.07, 6.45) is 5.81. The highest BCUT2D eigenvalue weighted by molar-refractivity contribution is 5.72. The van der Waals surface area contributed by atoms with Crippen molar-refractivity contribution in [1.29, 1.82) is 0 Å². The van der Waals surface area contributed by atoms with Gasteiger partial charge in [0.15, 0.2) is 0 Å². The van der Waals surface area contributed by atoms with Crippen LogP contribution in [-0.4, -0.2) is 17.7 Å². The zero-order valence-electron chi connectivity index (χ0n) is 12.4. The van der Waals surface area contributed by atoms with Crippen molar-refractivity contribution in [3.8, 4) is 12.3 Å². The fraction of sp³-hybridized carbons (Fsp3) is 0.211. The third-order valence-corrected chi connectivity index (χ3v) is 2.73. The molecule has 3 nitrogen and oxygen atoms in total. The molecule has 0 bridgehead atoms. The Morgan fingerprint density at radius 1 is 1.00 bits per heavy atom. The summed E-state index contributed by atoms with van der Waals surface area (Å²) in [4.78, 5) is 11.2. The molecule has 0 atom stereocenters. The van der Waals surface area contributed by atoms with E-state index in [9.17, 15) is 4.79 Å². The minimum atomic E-state index is -0.230. The van der Waals surface area contributed by atoms with Gasteiger partial charge in [-0.2, -0.15) is 0 Å². The van der Waals surface area contributed by atoms with Gasteiger partial charge in [-0.05, 0) is 11.1 Å². The van der Waals surface area contributed by atoms with Crippen LogP contribution in [0.2, 0.25) is 0 Å². The Kier molecular flexibility index (Phi) is 8.84. The highest BCUT2D eigenvalue weighted by atomic mass is 16.5. The lowest BCUT2D eigenvalue weighted by Gasteiger charge is -2.02. The lowest BCUT2D eigenvalue weighted by atomic mass is 10.2. The molecule has 0 aliphatic rings. The van der Waals surface area contributed by atoms with Gasteiger partial charge in [0.05, 0.1) is 13.0 Å². The van der Waals surface area contributed by atoms with E-state index in [2.05, 4.69) is 5.92 Å². The number of terminal acetylenes is 1. The largest absolute Gasteiger partial charge is 0.464 e. The van der Waals surface area contributed by atoms with Gasteiger partial charge in [-0.15, -0.1) is 12.3 Å². The molecule has 22 heavy (non-hydrogen) atoms. The topological polar surface area (TPSA) is 46.5 Å². The van der Waals surface area contributed by atoms with Crippen LogP contribution in [0.1, 0.15) is 17.5 Å². The van der Waals surface area contributed by atoms with Crippen molar-refractivity contribution in [3.05, 3.63) is 71.8 Å². The van der Waals surface area contributed by atoms with Gasteiger partial charge < -0.3 is 9.84 Å². The Hall–Kier alpha value is -2.57. The Balaban J connectivity index is 0.000000255. The summed E-state index contributed by atoms with van der Waals surface area (Å²) in [5.41, 5.74) is 1.92. The molecule has 0 spiro atoms. The van der Waals surface area contributed by atoms with Crippen LogP contribution < -0.4 is 0 Å². The maximum atomic E-state index is 11.2. The van der Waals surface area contributed by atoms with E-state index in [0.29, 0.717) is 19.4 Å². The number of hydrogen-bond donors (Lipinski definition) is 1. The molecule has 0 fully saturated rings.